The molecular weight excluding hydrogens is 869 g/mol. The maximum Gasteiger partial charge on any atom is 0.162 e. The SMILES string of the molecule is Cc1cccc2c1oc1c(N(c3ccccc3-c3ccccc3)c3c4ccccc4c(N(c4ccccc4-c4ccccc4)c4cccc5c4oc4c(C)cccc45)c4c3oc3ccccc34)cccc12. The molecule has 3 heterocycles. The number of fused-ring (bicyclic) bond motifs is 10. The molecule has 3 aromatic heterocycles. The molecule has 71 heavy (non-hydrogen) atoms. The topological polar surface area (TPSA) is 45.9 Å². The molecule has 0 unspecified atom stereocenters. The van der Waals surface area contributed by atoms with Crippen LogP contribution in [0.15, 0.2) is 244 Å². The molecule has 0 fully saturated rings. The van der Waals surface area contributed by atoms with Gasteiger partial charge in [-0.05, 0) is 66.4 Å². The van der Waals surface area contributed by atoms with Gasteiger partial charge in [0.2, 0.25) is 0 Å². The van der Waals surface area contributed by atoms with Gasteiger partial charge in [0, 0.05) is 48.8 Å². The van der Waals surface area contributed by atoms with E-state index < -0.39 is 0 Å². The van der Waals surface area contributed by atoms with E-state index in [4.69, 9.17) is 13.3 Å². The number of hydrogen-bond donors (Lipinski definition) is 0. The molecule has 0 aliphatic heterocycles. The fraction of sp³-hybridized carbons (Fsp3) is 0.0303. The first kappa shape index (κ1) is 40.7. The molecule has 11 aromatic carbocycles. The van der Waals surface area contributed by atoms with Gasteiger partial charge in [0.25, 0.3) is 0 Å². The minimum absolute atomic E-state index is 0.738. The van der Waals surface area contributed by atoms with E-state index in [-0.39, 0.29) is 0 Å². The largest absolute Gasteiger partial charge is 0.454 e. The molecule has 0 aliphatic rings. The van der Waals surface area contributed by atoms with E-state index in [1.165, 1.54) is 0 Å². The minimum atomic E-state index is 0.738. The maximum atomic E-state index is 7.46. The van der Waals surface area contributed by atoms with Crippen LogP contribution in [0.5, 0.6) is 0 Å². The van der Waals surface area contributed by atoms with Crippen LogP contribution >= 0.6 is 0 Å². The van der Waals surface area contributed by atoms with E-state index in [1.807, 2.05) is 0 Å². The zero-order valence-corrected chi connectivity index (χ0v) is 39.1. The van der Waals surface area contributed by atoms with Crippen LogP contribution in [0.25, 0.3) is 98.8 Å². The summed E-state index contributed by atoms with van der Waals surface area (Å²) in [5, 5.41) is 8.25. The summed E-state index contributed by atoms with van der Waals surface area (Å²) in [6.07, 6.45) is 0. The van der Waals surface area contributed by atoms with Gasteiger partial charge in [0.15, 0.2) is 16.7 Å². The van der Waals surface area contributed by atoms with Crippen LogP contribution in [0.3, 0.4) is 0 Å². The first-order valence-corrected chi connectivity index (χ1v) is 24.2. The number of aryl methyl sites for hydroxylation is 2. The summed E-state index contributed by atoms with van der Waals surface area (Å²) < 4.78 is 21.6. The van der Waals surface area contributed by atoms with E-state index in [0.29, 0.717) is 0 Å². The van der Waals surface area contributed by atoms with E-state index in [2.05, 4.69) is 254 Å². The van der Waals surface area contributed by atoms with E-state index in [0.717, 1.165) is 144 Å². The van der Waals surface area contributed by atoms with Crippen molar-refractivity contribution >= 4 is 111 Å². The molecule has 14 aromatic rings. The van der Waals surface area contributed by atoms with Gasteiger partial charge in [-0.25, -0.2) is 0 Å². The molecule has 0 saturated carbocycles. The Morgan fingerprint density at radius 2 is 0.648 bits per heavy atom. The molecule has 336 valence electrons. The Morgan fingerprint density at radius 3 is 1.18 bits per heavy atom. The summed E-state index contributed by atoms with van der Waals surface area (Å²) >= 11 is 0. The summed E-state index contributed by atoms with van der Waals surface area (Å²) in [6, 6.07) is 81.8. The first-order valence-electron chi connectivity index (χ1n) is 24.2. The van der Waals surface area contributed by atoms with Crippen molar-refractivity contribution in [2.75, 3.05) is 9.80 Å². The van der Waals surface area contributed by atoms with Gasteiger partial charge in [0.05, 0.1) is 39.5 Å². The first-order chi connectivity index (χ1) is 35.1. The Morgan fingerprint density at radius 1 is 0.268 bits per heavy atom. The second-order valence-electron chi connectivity index (χ2n) is 18.4. The molecule has 0 N–H and O–H groups in total. The third kappa shape index (κ3) is 6.26. The second kappa shape index (κ2) is 16.2. The van der Waals surface area contributed by atoms with Gasteiger partial charge in [-0.1, -0.05) is 200 Å². The molecule has 5 heteroatoms. The van der Waals surface area contributed by atoms with Crippen LogP contribution in [-0.4, -0.2) is 0 Å². The van der Waals surface area contributed by atoms with Crippen molar-refractivity contribution in [1.29, 1.82) is 0 Å². The quantitative estimate of drug-likeness (QED) is 0.142. The number of nitrogens with zero attached hydrogens (tertiary/aromatic N) is 2. The Labute approximate surface area is 409 Å². The van der Waals surface area contributed by atoms with Gasteiger partial charge in [-0.15, -0.1) is 0 Å². The number of rotatable bonds is 8. The fourth-order valence-corrected chi connectivity index (χ4v) is 11.1. The summed E-state index contributed by atoms with van der Waals surface area (Å²) in [5.41, 5.74) is 17.1. The lowest BCUT2D eigenvalue weighted by Gasteiger charge is -2.33. The number of hydrogen-bond acceptors (Lipinski definition) is 5. The predicted molar refractivity (Wildman–Crippen MR) is 295 cm³/mol. The van der Waals surface area contributed by atoms with Crippen molar-refractivity contribution in [2.24, 2.45) is 0 Å². The van der Waals surface area contributed by atoms with Crippen LogP contribution in [0.2, 0.25) is 0 Å². The van der Waals surface area contributed by atoms with Gasteiger partial charge in [0.1, 0.15) is 16.7 Å². The third-order valence-electron chi connectivity index (χ3n) is 14.3. The van der Waals surface area contributed by atoms with Crippen LogP contribution in [0, 0.1) is 13.8 Å². The van der Waals surface area contributed by atoms with Crippen molar-refractivity contribution in [3.05, 3.63) is 242 Å². The molecule has 14 rings (SSSR count). The number of benzene rings is 11. The zero-order chi connectivity index (χ0) is 47.2. The molecule has 5 nitrogen and oxygen atoms in total. The van der Waals surface area contributed by atoms with Crippen molar-refractivity contribution in [3.8, 4) is 22.3 Å². The fourth-order valence-electron chi connectivity index (χ4n) is 11.1. The summed E-state index contributed by atoms with van der Waals surface area (Å²) in [4.78, 5) is 4.83. The van der Waals surface area contributed by atoms with Crippen LogP contribution < -0.4 is 9.80 Å². The minimum Gasteiger partial charge on any atom is -0.454 e. The van der Waals surface area contributed by atoms with Crippen LogP contribution in [-0.2, 0) is 0 Å². The Hall–Kier alpha value is -9.32. The highest BCUT2D eigenvalue weighted by Crippen LogP contribution is 2.57. The van der Waals surface area contributed by atoms with E-state index in [9.17, 15) is 0 Å². The molecule has 0 atom stereocenters. The maximum absolute atomic E-state index is 7.46. The molecule has 0 aliphatic carbocycles. The molecule has 0 amide bonds. The number of anilines is 6. The van der Waals surface area contributed by atoms with Crippen molar-refractivity contribution in [3.63, 3.8) is 0 Å². The standard InChI is InChI=1S/C66H44N2O3/c1-41-21-17-32-49-51-34-19-38-56(64(51)70-62(41)49)67(54-36-14-11-27-45(54)43-23-5-3-6-24-43)60-47-29-9-10-30-48(47)61(66-59(60)53-31-13-16-40-58(53)69-66)68(55-37-15-12-28-46(55)44-25-7-4-8-26-44)57-39-20-35-52-50-33-18-22-42(2)63(50)71-65(52)57/h3-40H,1-2H3. The van der Waals surface area contributed by atoms with Crippen molar-refractivity contribution in [2.45, 2.75) is 13.8 Å². The predicted octanol–water partition coefficient (Wildman–Crippen LogP) is 19.4. The normalized spacial score (nSPS) is 11.8. The highest BCUT2D eigenvalue weighted by Gasteiger charge is 2.33. The molecule has 0 radical (unpaired) electrons. The number of para-hydroxylation sites is 7. The monoisotopic (exact) mass is 912 g/mol. The van der Waals surface area contributed by atoms with Crippen molar-refractivity contribution in [1.82, 2.24) is 0 Å². The highest BCUT2D eigenvalue weighted by molar-refractivity contribution is 6.30. The summed E-state index contributed by atoms with van der Waals surface area (Å²) in [7, 11) is 0. The lowest BCUT2D eigenvalue weighted by Crippen LogP contribution is -2.15. The molecule has 0 spiro atoms. The van der Waals surface area contributed by atoms with E-state index in [1.54, 1.807) is 0 Å². The van der Waals surface area contributed by atoms with Gasteiger partial charge in [-0.3, -0.25) is 0 Å². The average Bonchev–Trinajstić information content (AvgIpc) is 4.14. The lowest BCUT2D eigenvalue weighted by molar-refractivity contribution is 0.664. The summed E-state index contributed by atoms with van der Waals surface area (Å²) in [6.45, 7) is 4.24. The van der Waals surface area contributed by atoms with Gasteiger partial charge < -0.3 is 23.1 Å². The van der Waals surface area contributed by atoms with Crippen molar-refractivity contribution < 1.29 is 13.3 Å². The molecular formula is C66H44N2O3. The van der Waals surface area contributed by atoms with E-state index >= 15 is 0 Å². The van der Waals surface area contributed by atoms with Crippen LogP contribution in [0.4, 0.5) is 34.1 Å². The molecule has 0 bridgehead atoms. The van der Waals surface area contributed by atoms with Crippen LogP contribution in [0.1, 0.15) is 11.1 Å². The summed E-state index contributed by atoms with van der Waals surface area (Å²) in [5.74, 6) is 0. The Bertz CT molecular complexity index is 4390. The second-order valence-corrected chi connectivity index (χ2v) is 18.4. The Kier molecular flexibility index (Phi) is 9.26. The smallest absolute Gasteiger partial charge is 0.162 e. The zero-order valence-electron chi connectivity index (χ0n) is 39.1. The van der Waals surface area contributed by atoms with Gasteiger partial charge >= 0.3 is 0 Å². The van der Waals surface area contributed by atoms with Gasteiger partial charge in [-0.2, -0.15) is 0 Å². The highest BCUT2D eigenvalue weighted by atomic mass is 16.3. The number of furan rings is 3. The third-order valence-corrected chi connectivity index (χ3v) is 14.3. The average molecular weight is 913 g/mol. The lowest BCUT2D eigenvalue weighted by atomic mass is 9.95. The molecule has 0 saturated heterocycles. The Balaban J connectivity index is 1.17.